The van der Waals surface area contributed by atoms with E-state index in [1.54, 1.807) is 5.57 Å². The molecule has 0 aromatic rings. The number of fused-ring (bicyclic) bond motifs is 4. The molecule has 0 saturated heterocycles. The Balaban J connectivity index is 1.84. The van der Waals surface area contributed by atoms with Gasteiger partial charge in [-0.05, 0) is 81.0 Å². The van der Waals surface area contributed by atoms with Crippen LogP contribution in [0.1, 0.15) is 73.6 Å². The van der Waals surface area contributed by atoms with Crippen LogP contribution in [0.25, 0.3) is 0 Å². The standard InChI is InChI=1S/C21H34/c1-14(2)8-7-9-16(4)20(5)12-13-21(6)17-11-10-15(3)18(17)19(20)21/h8-9,15,17-19H,7,10-13H2,1-6H3. The third kappa shape index (κ3) is 2.08. The number of hydrogen-bond acceptors (Lipinski definition) is 0. The van der Waals surface area contributed by atoms with E-state index in [0.29, 0.717) is 10.8 Å². The first-order chi connectivity index (χ1) is 9.80. The van der Waals surface area contributed by atoms with Crippen molar-refractivity contribution in [2.75, 3.05) is 0 Å². The Labute approximate surface area is 132 Å². The van der Waals surface area contributed by atoms with Gasteiger partial charge in [0.15, 0.2) is 0 Å². The molecule has 0 radical (unpaired) electrons. The zero-order valence-electron chi connectivity index (χ0n) is 15.0. The maximum absolute atomic E-state index is 2.62. The fourth-order valence-corrected chi connectivity index (χ4v) is 6.43. The molecule has 3 aliphatic rings. The van der Waals surface area contributed by atoms with E-state index >= 15 is 0 Å². The second-order valence-electron chi connectivity index (χ2n) is 9.04. The summed E-state index contributed by atoms with van der Waals surface area (Å²) in [4.78, 5) is 0. The largest absolute Gasteiger partial charge is 0.0821 e. The molecule has 0 spiro atoms. The van der Waals surface area contributed by atoms with Crippen molar-refractivity contribution in [1.82, 2.24) is 0 Å². The highest BCUT2D eigenvalue weighted by molar-refractivity contribution is 5.27. The van der Waals surface area contributed by atoms with Crippen molar-refractivity contribution in [2.24, 2.45) is 34.5 Å². The molecule has 0 bridgehead atoms. The molecule has 0 heterocycles. The van der Waals surface area contributed by atoms with Crippen molar-refractivity contribution >= 4 is 0 Å². The van der Waals surface area contributed by atoms with Crippen LogP contribution in [0, 0.1) is 34.5 Å². The van der Waals surface area contributed by atoms with Crippen molar-refractivity contribution < 1.29 is 0 Å². The molecule has 3 saturated carbocycles. The second-order valence-corrected chi connectivity index (χ2v) is 9.04. The van der Waals surface area contributed by atoms with Gasteiger partial charge in [0.25, 0.3) is 0 Å². The quantitative estimate of drug-likeness (QED) is 0.527. The van der Waals surface area contributed by atoms with Crippen LogP contribution in [0.15, 0.2) is 23.3 Å². The van der Waals surface area contributed by atoms with Gasteiger partial charge in [-0.1, -0.05) is 50.5 Å². The minimum Gasteiger partial charge on any atom is -0.0821 e. The van der Waals surface area contributed by atoms with Gasteiger partial charge in [-0.25, -0.2) is 0 Å². The summed E-state index contributed by atoms with van der Waals surface area (Å²) in [5, 5.41) is 0. The molecule has 3 fully saturated rings. The van der Waals surface area contributed by atoms with Crippen LogP contribution in [0.3, 0.4) is 0 Å². The lowest BCUT2D eigenvalue weighted by molar-refractivity contribution is -0.115. The molecule has 3 rings (SSSR count). The monoisotopic (exact) mass is 286 g/mol. The van der Waals surface area contributed by atoms with Crippen LogP contribution >= 0.6 is 0 Å². The highest BCUT2D eigenvalue weighted by Gasteiger charge is 2.70. The van der Waals surface area contributed by atoms with Crippen LogP contribution in [-0.2, 0) is 0 Å². The highest BCUT2D eigenvalue weighted by Crippen LogP contribution is 2.76. The molecule has 0 aliphatic heterocycles. The predicted molar refractivity (Wildman–Crippen MR) is 92.1 cm³/mol. The number of rotatable bonds is 3. The van der Waals surface area contributed by atoms with Crippen molar-refractivity contribution in [1.29, 1.82) is 0 Å². The summed E-state index contributed by atoms with van der Waals surface area (Å²) in [7, 11) is 0. The average molecular weight is 287 g/mol. The van der Waals surface area contributed by atoms with Crippen molar-refractivity contribution in [3.05, 3.63) is 23.3 Å². The van der Waals surface area contributed by atoms with E-state index in [1.807, 2.05) is 0 Å². The smallest absolute Gasteiger partial charge is 0.00825 e. The number of allylic oxidation sites excluding steroid dienone is 4. The Bertz CT molecular complexity index is 478. The Hall–Kier alpha value is -0.520. The van der Waals surface area contributed by atoms with Crippen LogP contribution in [0.2, 0.25) is 0 Å². The summed E-state index contributed by atoms with van der Waals surface area (Å²) in [5.74, 6) is 3.99. The summed E-state index contributed by atoms with van der Waals surface area (Å²) < 4.78 is 0. The Morgan fingerprint density at radius 3 is 2.43 bits per heavy atom. The molecule has 3 aliphatic carbocycles. The summed E-state index contributed by atoms with van der Waals surface area (Å²) in [5.41, 5.74) is 4.25. The van der Waals surface area contributed by atoms with Gasteiger partial charge in [-0.2, -0.15) is 0 Å². The zero-order chi connectivity index (χ0) is 15.4. The molecular formula is C21H34. The Morgan fingerprint density at radius 1 is 1.05 bits per heavy atom. The lowest BCUT2D eigenvalue weighted by Gasteiger charge is -2.60. The highest BCUT2D eigenvalue weighted by atomic mass is 14.7. The van der Waals surface area contributed by atoms with Gasteiger partial charge in [0.05, 0.1) is 0 Å². The molecule has 0 N–H and O–H groups in total. The normalized spacial score (nSPS) is 48.6. The van der Waals surface area contributed by atoms with Crippen molar-refractivity contribution in [3.8, 4) is 0 Å². The lowest BCUT2D eigenvalue weighted by atomic mass is 9.44. The summed E-state index contributed by atoms with van der Waals surface area (Å²) >= 11 is 0. The summed E-state index contributed by atoms with van der Waals surface area (Å²) in [6, 6.07) is 0. The van der Waals surface area contributed by atoms with E-state index in [-0.39, 0.29) is 0 Å². The molecule has 6 atom stereocenters. The Kier molecular flexibility index (Phi) is 3.66. The molecule has 0 amide bonds. The molecule has 0 nitrogen and oxygen atoms in total. The first kappa shape index (κ1) is 15.4. The van der Waals surface area contributed by atoms with E-state index in [1.165, 1.54) is 31.3 Å². The average Bonchev–Trinajstić information content (AvgIpc) is 2.83. The van der Waals surface area contributed by atoms with Gasteiger partial charge in [0.1, 0.15) is 0 Å². The molecule has 118 valence electrons. The van der Waals surface area contributed by atoms with Crippen LogP contribution in [0.4, 0.5) is 0 Å². The minimum atomic E-state index is 0.476. The van der Waals surface area contributed by atoms with Gasteiger partial charge in [-0.3, -0.25) is 0 Å². The van der Waals surface area contributed by atoms with Crippen LogP contribution in [-0.4, -0.2) is 0 Å². The third-order valence-electron chi connectivity index (χ3n) is 7.72. The summed E-state index contributed by atoms with van der Waals surface area (Å²) in [6.45, 7) is 14.5. The first-order valence-electron chi connectivity index (χ1n) is 9.11. The predicted octanol–water partition coefficient (Wildman–Crippen LogP) is 6.39. The fourth-order valence-electron chi connectivity index (χ4n) is 6.43. The summed E-state index contributed by atoms with van der Waals surface area (Å²) in [6.07, 6.45) is 11.9. The van der Waals surface area contributed by atoms with Gasteiger partial charge >= 0.3 is 0 Å². The topological polar surface area (TPSA) is 0 Å². The molecule has 21 heavy (non-hydrogen) atoms. The maximum Gasteiger partial charge on any atom is -0.00825 e. The molecule has 6 unspecified atom stereocenters. The minimum absolute atomic E-state index is 0.476. The molecule has 0 aromatic carbocycles. The van der Waals surface area contributed by atoms with E-state index in [0.717, 1.165) is 30.1 Å². The van der Waals surface area contributed by atoms with Gasteiger partial charge in [0.2, 0.25) is 0 Å². The molecule has 0 heteroatoms. The lowest BCUT2D eigenvalue weighted by Crippen LogP contribution is -2.55. The van der Waals surface area contributed by atoms with E-state index in [4.69, 9.17) is 0 Å². The van der Waals surface area contributed by atoms with Gasteiger partial charge < -0.3 is 0 Å². The Morgan fingerprint density at radius 2 is 1.76 bits per heavy atom. The van der Waals surface area contributed by atoms with E-state index < -0.39 is 0 Å². The van der Waals surface area contributed by atoms with Gasteiger partial charge in [0, 0.05) is 0 Å². The fraction of sp³-hybridized carbons (Fsp3) is 0.810. The first-order valence-corrected chi connectivity index (χ1v) is 9.11. The van der Waals surface area contributed by atoms with Crippen LogP contribution < -0.4 is 0 Å². The van der Waals surface area contributed by atoms with Crippen molar-refractivity contribution in [2.45, 2.75) is 73.6 Å². The second kappa shape index (κ2) is 5.00. The zero-order valence-corrected chi connectivity index (χ0v) is 15.0. The van der Waals surface area contributed by atoms with Crippen LogP contribution in [0.5, 0.6) is 0 Å². The molecular weight excluding hydrogens is 252 g/mol. The SMILES string of the molecule is CC(C)=CCC=C(C)C1(C)CCC2(C)C3CCC(C)C3C12. The van der Waals surface area contributed by atoms with Crippen molar-refractivity contribution in [3.63, 3.8) is 0 Å². The maximum atomic E-state index is 2.62. The number of hydrogen-bond donors (Lipinski definition) is 0. The van der Waals surface area contributed by atoms with E-state index in [2.05, 4.69) is 53.7 Å². The molecule has 0 aromatic heterocycles. The third-order valence-corrected chi connectivity index (χ3v) is 7.72. The van der Waals surface area contributed by atoms with E-state index in [9.17, 15) is 0 Å². The van der Waals surface area contributed by atoms with Gasteiger partial charge in [-0.15, -0.1) is 0 Å².